The van der Waals surface area contributed by atoms with Crippen molar-refractivity contribution in [3.8, 4) is 5.75 Å². The molecule has 0 bridgehead atoms. The van der Waals surface area contributed by atoms with Gasteiger partial charge in [0.05, 0.1) is 25.3 Å². The van der Waals surface area contributed by atoms with Crippen LogP contribution in [0.15, 0.2) is 18.2 Å². The number of carbonyl (C=O) groups excluding carboxylic acids is 1. The number of ether oxygens (including phenoxy) is 2. The first kappa shape index (κ1) is 18.3. The smallest absolute Gasteiger partial charge is 0.410 e. The number of nitrogens with two attached hydrogens (primary N) is 1. The zero-order valence-corrected chi connectivity index (χ0v) is 14.4. The molecule has 1 heterocycles. The Labute approximate surface area is 140 Å². The molecule has 1 atom stereocenters. The van der Waals surface area contributed by atoms with Crippen LogP contribution in [0.4, 0.5) is 19.3 Å². The van der Waals surface area contributed by atoms with Crippen LogP contribution < -0.4 is 10.5 Å². The van der Waals surface area contributed by atoms with Crippen LogP contribution >= 0.6 is 0 Å². The van der Waals surface area contributed by atoms with Crippen molar-refractivity contribution in [3.05, 3.63) is 23.8 Å². The third-order valence-electron chi connectivity index (χ3n) is 3.91. The maximum Gasteiger partial charge on any atom is 0.410 e. The lowest BCUT2D eigenvalue weighted by atomic mass is 9.86. The van der Waals surface area contributed by atoms with Crippen LogP contribution in [0.25, 0.3) is 0 Å². The van der Waals surface area contributed by atoms with Crippen molar-refractivity contribution in [2.75, 3.05) is 25.9 Å². The summed E-state index contributed by atoms with van der Waals surface area (Å²) in [4.78, 5) is 13.1. The quantitative estimate of drug-likeness (QED) is 0.834. The van der Waals surface area contributed by atoms with E-state index in [2.05, 4.69) is 0 Å². The number of piperidine rings is 1. The van der Waals surface area contributed by atoms with Crippen LogP contribution in [0, 0.1) is 0 Å². The van der Waals surface area contributed by atoms with Gasteiger partial charge in [0, 0.05) is 6.54 Å². The first-order valence-electron chi connectivity index (χ1n) is 7.82. The summed E-state index contributed by atoms with van der Waals surface area (Å²) in [7, 11) is 1.44. The van der Waals surface area contributed by atoms with Gasteiger partial charge in [-0.05, 0) is 44.9 Å². The lowest BCUT2D eigenvalue weighted by Crippen LogP contribution is -2.50. The van der Waals surface area contributed by atoms with E-state index in [-0.39, 0.29) is 13.0 Å². The number of likely N-dealkylation sites (tertiary alicyclic amines) is 1. The Morgan fingerprint density at radius 3 is 2.58 bits per heavy atom. The molecule has 7 heteroatoms. The average Bonchev–Trinajstić information content (AvgIpc) is 2.45. The maximum atomic E-state index is 14.6. The topological polar surface area (TPSA) is 64.8 Å². The number of carbonyl (C=O) groups is 1. The molecule has 2 rings (SSSR count). The van der Waals surface area contributed by atoms with Gasteiger partial charge in [0.1, 0.15) is 11.4 Å². The molecule has 2 N–H and O–H groups in total. The molecule has 1 amide bonds. The Hall–Kier alpha value is -2.05. The Balaban J connectivity index is 2.16. The highest BCUT2D eigenvalue weighted by Crippen LogP contribution is 2.42. The molecule has 1 fully saturated rings. The second-order valence-electron chi connectivity index (χ2n) is 7.01. The minimum Gasteiger partial charge on any atom is -0.495 e. The first-order chi connectivity index (χ1) is 11.0. The number of benzene rings is 1. The van der Waals surface area contributed by atoms with Gasteiger partial charge >= 0.3 is 6.09 Å². The SMILES string of the molecule is COc1cc(C2CCN(C(=O)OC(C)(C)C)CC2(F)F)ccc1N. The molecule has 0 radical (unpaired) electrons. The third-order valence-corrected chi connectivity index (χ3v) is 3.91. The van der Waals surface area contributed by atoms with Crippen LogP contribution in [-0.2, 0) is 4.74 Å². The molecule has 24 heavy (non-hydrogen) atoms. The maximum absolute atomic E-state index is 14.6. The standard InChI is InChI=1S/C17H24F2N2O3/c1-16(2,3)24-15(22)21-8-7-12(17(18,19)10-21)11-5-6-13(20)14(9-11)23-4/h5-6,9,12H,7-8,10,20H2,1-4H3. The Bertz CT molecular complexity index is 614. The monoisotopic (exact) mass is 342 g/mol. The van der Waals surface area contributed by atoms with Gasteiger partial charge in [-0.15, -0.1) is 0 Å². The predicted octanol–water partition coefficient (Wildman–Crippen LogP) is 3.64. The molecule has 1 aliphatic heterocycles. The molecule has 0 aliphatic carbocycles. The van der Waals surface area contributed by atoms with Gasteiger partial charge in [-0.25, -0.2) is 13.6 Å². The van der Waals surface area contributed by atoms with Crippen molar-refractivity contribution < 1.29 is 23.0 Å². The van der Waals surface area contributed by atoms with Gasteiger partial charge in [0.2, 0.25) is 0 Å². The second kappa shape index (κ2) is 6.45. The highest BCUT2D eigenvalue weighted by molar-refractivity contribution is 5.68. The first-order valence-corrected chi connectivity index (χ1v) is 7.82. The molecule has 1 aromatic carbocycles. The fourth-order valence-electron chi connectivity index (χ4n) is 2.78. The summed E-state index contributed by atoms with van der Waals surface area (Å²) in [6.07, 6.45) is -0.574. The highest BCUT2D eigenvalue weighted by atomic mass is 19.3. The van der Waals surface area contributed by atoms with E-state index < -0.39 is 30.1 Å². The van der Waals surface area contributed by atoms with Crippen molar-refractivity contribution in [2.24, 2.45) is 0 Å². The number of alkyl halides is 2. The van der Waals surface area contributed by atoms with E-state index in [1.54, 1.807) is 32.9 Å². The van der Waals surface area contributed by atoms with Crippen molar-refractivity contribution in [1.29, 1.82) is 0 Å². The molecule has 1 unspecified atom stereocenters. The van der Waals surface area contributed by atoms with E-state index in [0.29, 0.717) is 17.0 Å². The van der Waals surface area contributed by atoms with E-state index in [0.717, 1.165) is 4.90 Å². The summed E-state index contributed by atoms with van der Waals surface area (Å²) in [5, 5.41) is 0. The number of anilines is 1. The lowest BCUT2D eigenvalue weighted by molar-refractivity contribution is -0.0849. The van der Waals surface area contributed by atoms with Crippen molar-refractivity contribution >= 4 is 11.8 Å². The van der Waals surface area contributed by atoms with Gasteiger partial charge in [-0.2, -0.15) is 0 Å². The van der Waals surface area contributed by atoms with E-state index in [4.69, 9.17) is 15.2 Å². The summed E-state index contributed by atoms with van der Waals surface area (Å²) in [5.74, 6) is -3.68. The minimum absolute atomic E-state index is 0.138. The molecule has 1 saturated heterocycles. The van der Waals surface area contributed by atoms with E-state index >= 15 is 0 Å². The number of halogens is 2. The van der Waals surface area contributed by atoms with E-state index in [1.165, 1.54) is 13.2 Å². The van der Waals surface area contributed by atoms with Gasteiger partial charge in [0.25, 0.3) is 5.92 Å². The molecular weight excluding hydrogens is 318 g/mol. The lowest BCUT2D eigenvalue weighted by Gasteiger charge is -2.39. The molecule has 1 aliphatic rings. The fraction of sp³-hybridized carbons (Fsp3) is 0.588. The molecule has 0 spiro atoms. The molecule has 0 saturated carbocycles. The molecule has 134 valence electrons. The number of nitrogens with zero attached hydrogens (tertiary/aromatic N) is 1. The summed E-state index contributed by atoms with van der Waals surface area (Å²) < 4.78 is 39.5. The summed E-state index contributed by atoms with van der Waals surface area (Å²) in [6.45, 7) is 4.66. The van der Waals surface area contributed by atoms with E-state index in [9.17, 15) is 13.6 Å². The second-order valence-corrected chi connectivity index (χ2v) is 7.01. The van der Waals surface area contributed by atoms with Crippen molar-refractivity contribution in [2.45, 2.75) is 44.6 Å². The van der Waals surface area contributed by atoms with Gasteiger partial charge in [0.15, 0.2) is 0 Å². The van der Waals surface area contributed by atoms with Crippen molar-refractivity contribution in [1.82, 2.24) is 4.90 Å². The average molecular weight is 342 g/mol. The van der Waals surface area contributed by atoms with Crippen LogP contribution in [0.1, 0.15) is 38.7 Å². The zero-order chi connectivity index (χ0) is 18.1. The zero-order valence-electron chi connectivity index (χ0n) is 14.4. The Morgan fingerprint density at radius 2 is 2.04 bits per heavy atom. The van der Waals surface area contributed by atoms with Gasteiger partial charge < -0.3 is 20.1 Å². The van der Waals surface area contributed by atoms with Gasteiger partial charge in [-0.1, -0.05) is 6.07 Å². The highest BCUT2D eigenvalue weighted by Gasteiger charge is 2.47. The number of hydrogen-bond acceptors (Lipinski definition) is 4. The number of nitrogen functional groups attached to an aromatic ring is 1. The predicted molar refractivity (Wildman–Crippen MR) is 87.5 cm³/mol. The van der Waals surface area contributed by atoms with Crippen LogP contribution in [-0.4, -0.2) is 42.7 Å². The number of rotatable bonds is 2. The largest absolute Gasteiger partial charge is 0.495 e. The number of amides is 1. The normalized spacial score (nSPS) is 20.6. The van der Waals surface area contributed by atoms with Crippen LogP contribution in [0.2, 0.25) is 0 Å². The minimum atomic E-state index is -3.06. The van der Waals surface area contributed by atoms with Gasteiger partial charge in [-0.3, -0.25) is 0 Å². The summed E-state index contributed by atoms with van der Waals surface area (Å²) >= 11 is 0. The van der Waals surface area contributed by atoms with E-state index in [1.807, 2.05) is 0 Å². The number of methoxy groups -OCH3 is 1. The van der Waals surface area contributed by atoms with Crippen LogP contribution in [0.5, 0.6) is 5.75 Å². The van der Waals surface area contributed by atoms with Crippen molar-refractivity contribution in [3.63, 3.8) is 0 Å². The number of hydrogen-bond donors (Lipinski definition) is 1. The third kappa shape index (κ3) is 4.07. The summed E-state index contributed by atoms with van der Waals surface area (Å²) in [5.41, 5.74) is 5.87. The fourth-order valence-corrected chi connectivity index (χ4v) is 2.78. The Morgan fingerprint density at radius 1 is 1.38 bits per heavy atom. The molecule has 0 aromatic heterocycles. The summed E-state index contributed by atoms with van der Waals surface area (Å²) in [6, 6.07) is 4.68. The molecule has 1 aromatic rings. The Kier molecular flexibility index (Phi) is 4.92. The molecular formula is C17H24F2N2O3. The van der Waals surface area contributed by atoms with Crippen LogP contribution in [0.3, 0.4) is 0 Å². The molecule has 5 nitrogen and oxygen atoms in total.